The molecule has 0 spiro atoms. The molecule has 0 amide bonds. The van der Waals surface area contributed by atoms with E-state index in [4.69, 9.17) is 17.5 Å². The van der Waals surface area contributed by atoms with Crippen molar-refractivity contribution in [1.29, 1.82) is 0 Å². The summed E-state index contributed by atoms with van der Waals surface area (Å²) in [5.41, 5.74) is 0. The van der Waals surface area contributed by atoms with Gasteiger partial charge < -0.3 is 9.11 Å². The first-order chi connectivity index (χ1) is 14.8. The molecule has 0 aromatic carbocycles. The molecular formula is C24H50F2Na2O4S. The maximum Gasteiger partial charge on any atom is 1.00 e. The zero-order valence-electron chi connectivity index (χ0n) is 22.4. The zero-order valence-corrected chi connectivity index (χ0v) is 27.2. The van der Waals surface area contributed by atoms with E-state index in [-0.39, 0.29) is 72.5 Å². The minimum Gasteiger partial charge on any atom is -0.759 e. The minimum atomic E-state index is -5.17. The van der Waals surface area contributed by atoms with E-state index in [1.54, 1.807) is 0 Å². The van der Waals surface area contributed by atoms with Crippen LogP contribution in [0.5, 0.6) is 0 Å². The van der Waals surface area contributed by atoms with Gasteiger partial charge in [-0.2, -0.15) is 0 Å². The molecule has 0 aliphatic heterocycles. The van der Waals surface area contributed by atoms with Crippen molar-refractivity contribution >= 4 is 10.4 Å². The van der Waals surface area contributed by atoms with Gasteiger partial charge in [0, 0.05) is 10.4 Å². The van der Waals surface area contributed by atoms with Gasteiger partial charge in [-0.15, -0.1) is 0 Å². The first-order valence-corrected chi connectivity index (χ1v) is 13.9. The summed E-state index contributed by atoms with van der Waals surface area (Å²) in [6.07, 6.45) is 25.3. The van der Waals surface area contributed by atoms with Crippen molar-refractivity contribution in [1.82, 2.24) is 0 Å². The zero-order chi connectivity index (χ0) is 24.1. The SMILES string of the molecule is CCCCCCCCCCCCF.CCCCCCCCCCCCF.O=S(=O)([O-])[O-].[Na+].[Na+]. The molecule has 0 aliphatic carbocycles. The second-order valence-corrected chi connectivity index (χ2v) is 8.97. The Kier molecular flexibility index (Phi) is 55.4. The second-order valence-electron chi connectivity index (χ2n) is 8.15. The Morgan fingerprint density at radius 1 is 0.455 bits per heavy atom. The molecular weight excluding hydrogens is 468 g/mol. The molecule has 9 heteroatoms. The molecule has 0 heterocycles. The predicted octanol–water partition coefficient (Wildman–Crippen LogP) is 2.42. The molecule has 0 radical (unpaired) electrons. The van der Waals surface area contributed by atoms with Crippen LogP contribution in [0.25, 0.3) is 0 Å². The van der Waals surface area contributed by atoms with Crippen molar-refractivity contribution in [3.05, 3.63) is 0 Å². The fourth-order valence-corrected chi connectivity index (χ4v) is 3.16. The number of halogens is 2. The summed E-state index contributed by atoms with van der Waals surface area (Å²) >= 11 is 0. The van der Waals surface area contributed by atoms with Crippen LogP contribution in [-0.4, -0.2) is 30.9 Å². The van der Waals surface area contributed by atoms with Crippen molar-refractivity contribution in [3.63, 3.8) is 0 Å². The molecule has 4 nitrogen and oxygen atoms in total. The van der Waals surface area contributed by atoms with Crippen molar-refractivity contribution in [2.45, 2.75) is 142 Å². The van der Waals surface area contributed by atoms with Gasteiger partial charge in [-0.3, -0.25) is 17.2 Å². The summed E-state index contributed by atoms with van der Waals surface area (Å²) < 4.78 is 57.5. The molecule has 0 aromatic rings. The average molecular weight is 519 g/mol. The Hall–Kier alpha value is 1.73. The van der Waals surface area contributed by atoms with Crippen molar-refractivity contribution in [2.24, 2.45) is 0 Å². The smallest absolute Gasteiger partial charge is 0.759 e. The predicted molar refractivity (Wildman–Crippen MR) is 126 cm³/mol. The summed E-state index contributed by atoms with van der Waals surface area (Å²) in [7, 11) is -5.17. The van der Waals surface area contributed by atoms with Crippen LogP contribution in [0.3, 0.4) is 0 Å². The Morgan fingerprint density at radius 3 is 0.758 bits per heavy atom. The normalized spacial score (nSPS) is 10.1. The van der Waals surface area contributed by atoms with E-state index < -0.39 is 10.4 Å². The molecule has 0 aliphatic rings. The molecule has 0 saturated carbocycles. The van der Waals surface area contributed by atoms with E-state index in [2.05, 4.69) is 13.8 Å². The number of hydrogen-bond donors (Lipinski definition) is 0. The van der Waals surface area contributed by atoms with E-state index in [1.807, 2.05) is 0 Å². The van der Waals surface area contributed by atoms with Gasteiger partial charge in [0.15, 0.2) is 0 Å². The first-order valence-electron chi connectivity index (χ1n) is 12.6. The molecule has 0 unspecified atom stereocenters. The van der Waals surface area contributed by atoms with Crippen LogP contribution in [0.15, 0.2) is 0 Å². The largest absolute Gasteiger partial charge is 1.00 e. The van der Waals surface area contributed by atoms with E-state index in [9.17, 15) is 8.78 Å². The van der Waals surface area contributed by atoms with Crippen LogP contribution in [0, 0.1) is 0 Å². The van der Waals surface area contributed by atoms with Crippen LogP contribution >= 0.6 is 0 Å². The molecule has 0 N–H and O–H groups in total. The molecule has 0 rings (SSSR count). The summed E-state index contributed by atoms with van der Waals surface area (Å²) in [5, 5.41) is 0. The third kappa shape index (κ3) is 71.9. The average Bonchev–Trinajstić information content (AvgIpc) is 2.71. The molecule has 0 bridgehead atoms. The van der Waals surface area contributed by atoms with E-state index in [1.165, 1.54) is 103 Å². The quantitative estimate of drug-likeness (QED) is 0.107. The number of hydrogen-bond acceptors (Lipinski definition) is 4. The van der Waals surface area contributed by atoms with Crippen LogP contribution < -0.4 is 59.1 Å². The molecule has 0 atom stereocenters. The fourth-order valence-electron chi connectivity index (χ4n) is 3.16. The standard InChI is InChI=1S/2C12H25F.2Na.H2O4S/c2*1-2-3-4-5-6-7-8-9-10-11-12-13;;;1-5(2,3)4/h2*2-12H2,1H3;;;(H2,1,2,3,4)/q;;2*+1;/p-2. The van der Waals surface area contributed by atoms with E-state index in [0.717, 1.165) is 25.7 Å². The first kappa shape index (κ1) is 44.7. The molecule has 33 heavy (non-hydrogen) atoms. The summed E-state index contributed by atoms with van der Waals surface area (Å²) in [6.45, 7) is 4.24. The fraction of sp³-hybridized carbons (Fsp3) is 1.00. The maximum absolute atomic E-state index is 11.7. The molecule has 0 fully saturated rings. The van der Waals surface area contributed by atoms with Crippen molar-refractivity contribution in [2.75, 3.05) is 13.3 Å². The second kappa shape index (κ2) is 40.9. The number of alkyl halides is 2. The maximum atomic E-state index is 11.7. The third-order valence-corrected chi connectivity index (χ3v) is 4.97. The van der Waals surface area contributed by atoms with E-state index in [0.29, 0.717) is 0 Å². The molecule has 0 saturated heterocycles. The Balaban J connectivity index is -0.000000125. The van der Waals surface area contributed by atoms with E-state index >= 15 is 0 Å². The topological polar surface area (TPSA) is 80.3 Å². The summed E-state index contributed by atoms with van der Waals surface area (Å²) in [4.78, 5) is 0. The Labute approximate surface area is 249 Å². The number of rotatable bonds is 20. The van der Waals surface area contributed by atoms with Gasteiger partial charge in [0.05, 0.1) is 13.3 Å². The minimum absolute atomic E-state index is 0. The van der Waals surface area contributed by atoms with Crippen LogP contribution in [0.4, 0.5) is 8.78 Å². The van der Waals surface area contributed by atoms with Crippen LogP contribution in [0.1, 0.15) is 142 Å². The van der Waals surface area contributed by atoms with Gasteiger partial charge in [-0.05, 0) is 12.8 Å². The van der Waals surface area contributed by atoms with Gasteiger partial charge in [-0.1, -0.05) is 129 Å². The van der Waals surface area contributed by atoms with Crippen LogP contribution in [0.2, 0.25) is 0 Å². The van der Waals surface area contributed by atoms with Crippen molar-refractivity contribution in [3.8, 4) is 0 Å². The Bertz CT molecular complexity index is 354. The monoisotopic (exact) mass is 518 g/mol. The summed E-state index contributed by atoms with van der Waals surface area (Å²) in [6, 6.07) is 0. The van der Waals surface area contributed by atoms with Crippen molar-refractivity contribution < 1.29 is 85.4 Å². The van der Waals surface area contributed by atoms with Gasteiger partial charge in [0.1, 0.15) is 0 Å². The summed E-state index contributed by atoms with van der Waals surface area (Å²) in [5.74, 6) is 0. The Morgan fingerprint density at radius 2 is 0.606 bits per heavy atom. The molecule has 192 valence electrons. The van der Waals surface area contributed by atoms with Gasteiger partial charge in [0.2, 0.25) is 0 Å². The third-order valence-electron chi connectivity index (χ3n) is 4.97. The van der Waals surface area contributed by atoms with Gasteiger partial charge >= 0.3 is 59.1 Å². The molecule has 0 aromatic heterocycles. The van der Waals surface area contributed by atoms with Gasteiger partial charge in [-0.25, -0.2) is 0 Å². The van der Waals surface area contributed by atoms with Gasteiger partial charge in [0.25, 0.3) is 0 Å². The number of unbranched alkanes of at least 4 members (excludes halogenated alkanes) is 18. The van der Waals surface area contributed by atoms with Crippen LogP contribution in [-0.2, 0) is 10.4 Å².